The molecule has 0 aliphatic carbocycles. The van der Waals surface area contributed by atoms with Gasteiger partial charge in [0, 0.05) is 17.3 Å². The smallest absolute Gasteiger partial charge is 0.0278 e. The van der Waals surface area contributed by atoms with E-state index in [0.717, 1.165) is 0 Å². The van der Waals surface area contributed by atoms with Gasteiger partial charge < -0.3 is 0 Å². The first-order valence-corrected chi connectivity index (χ1v) is 5.95. The van der Waals surface area contributed by atoms with E-state index in [1.807, 2.05) is 24.2 Å². The van der Waals surface area contributed by atoms with Gasteiger partial charge in [0.05, 0.1) is 0 Å². The Morgan fingerprint density at radius 1 is 1.15 bits per heavy atom. The minimum absolute atomic E-state index is 1.24. The monoisotopic (exact) mass is 195 g/mol. The zero-order chi connectivity index (χ0) is 9.36. The molecule has 0 bridgehead atoms. The van der Waals surface area contributed by atoms with Crippen molar-refractivity contribution in [3.8, 4) is 0 Å². The van der Waals surface area contributed by atoms with Gasteiger partial charge in [0.15, 0.2) is 0 Å². The van der Waals surface area contributed by atoms with Gasteiger partial charge in [0.1, 0.15) is 0 Å². The average Bonchev–Trinajstić information content (AvgIpc) is 2.19. The van der Waals surface area contributed by atoms with Crippen LogP contribution in [0.3, 0.4) is 0 Å². The van der Waals surface area contributed by atoms with Gasteiger partial charge in [-0.15, -0.1) is 11.8 Å². The van der Waals surface area contributed by atoms with Gasteiger partial charge >= 0.3 is 0 Å². The van der Waals surface area contributed by atoms with Crippen LogP contribution in [0.1, 0.15) is 32.6 Å². The van der Waals surface area contributed by atoms with E-state index in [4.69, 9.17) is 0 Å². The molecule has 1 nitrogen and oxygen atoms in total. The van der Waals surface area contributed by atoms with Crippen molar-refractivity contribution >= 4 is 11.8 Å². The van der Waals surface area contributed by atoms with Crippen molar-refractivity contribution in [3.05, 3.63) is 24.5 Å². The minimum Gasteiger partial charge on any atom is -0.265 e. The van der Waals surface area contributed by atoms with Gasteiger partial charge in [-0.25, -0.2) is 0 Å². The predicted molar refractivity (Wildman–Crippen MR) is 59.1 cm³/mol. The predicted octanol–water partition coefficient (Wildman–Crippen LogP) is 3.75. The summed E-state index contributed by atoms with van der Waals surface area (Å²) >= 11 is 1.93. The Bertz CT molecular complexity index is 211. The van der Waals surface area contributed by atoms with Crippen molar-refractivity contribution in [1.82, 2.24) is 4.98 Å². The van der Waals surface area contributed by atoms with E-state index in [1.165, 1.54) is 36.3 Å². The van der Waals surface area contributed by atoms with Crippen LogP contribution < -0.4 is 0 Å². The molecular weight excluding hydrogens is 178 g/mol. The van der Waals surface area contributed by atoms with Gasteiger partial charge in [0.2, 0.25) is 0 Å². The number of pyridine rings is 1. The normalized spacial score (nSPS) is 10.2. The maximum atomic E-state index is 3.99. The molecule has 1 heterocycles. The van der Waals surface area contributed by atoms with E-state index in [9.17, 15) is 0 Å². The molecule has 0 atom stereocenters. The molecule has 0 aliphatic heterocycles. The molecular formula is C11H17NS. The van der Waals surface area contributed by atoms with Gasteiger partial charge in [-0.1, -0.05) is 26.2 Å². The Balaban J connectivity index is 2.07. The number of nitrogens with zero attached hydrogens (tertiary/aromatic N) is 1. The maximum absolute atomic E-state index is 3.99. The van der Waals surface area contributed by atoms with Gasteiger partial charge in [0.25, 0.3) is 0 Å². The first-order chi connectivity index (χ1) is 6.43. The molecule has 0 aliphatic rings. The standard InChI is InChI=1S/C11H17NS/c1-2-3-4-5-10-13-11-6-8-12-9-7-11/h6-9H,2-5,10H2,1H3. The molecule has 1 aromatic rings. The van der Waals surface area contributed by atoms with Crippen LogP contribution in [0.5, 0.6) is 0 Å². The highest BCUT2D eigenvalue weighted by Crippen LogP contribution is 2.18. The zero-order valence-electron chi connectivity index (χ0n) is 8.20. The molecule has 1 aromatic heterocycles. The Kier molecular flexibility index (Phi) is 5.66. The second kappa shape index (κ2) is 6.96. The van der Waals surface area contributed by atoms with Crippen LogP contribution in [0.25, 0.3) is 0 Å². The summed E-state index contributed by atoms with van der Waals surface area (Å²) in [5, 5.41) is 0. The number of thioether (sulfide) groups is 1. The Labute approximate surface area is 85.0 Å². The lowest BCUT2D eigenvalue weighted by molar-refractivity contribution is 0.706. The molecule has 0 fully saturated rings. The quantitative estimate of drug-likeness (QED) is 0.506. The molecule has 1 rings (SSSR count). The average molecular weight is 195 g/mol. The molecule has 0 unspecified atom stereocenters. The lowest BCUT2D eigenvalue weighted by atomic mass is 10.2. The number of aromatic nitrogens is 1. The fourth-order valence-electron chi connectivity index (χ4n) is 1.15. The van der Waals surface area contributed by atoms with Crippen LogP contribution in [0.2, 0.25) is 0 Å². The van der Waals surface area contributed by atoms with Gasteiger partial charge in [-0.2, -0.15) is 0 Å². The summed E-state index contributed by atoms with van der Waals surface area (Å²) in [7, 11) is 0. The van der Waals surface area contributed by atoms with E-state index >= 15 is 0 Å². The van der Waals surface area contributed by atoms with Crippen molar-refractivity contribution in [2.75, 3.05) is 5.75 Å². The summed E-state index contributed by atoms with van der Waals surface area (Å²) in [5.41, 5.74) is 0. The molecule has 0 radical (unpaired) electrons. The zero-order valence-corrected chi connectivity index (χ0v) is 9.02. The second-order valence-electron chi connectivity index (χ2n) is 3.09. The number of hydrogen-bond acceptors (Lipinski definition) is 2. The number of unbranched alkanes of at least 4 members (excludes halogenated alkanes) is 3. The summed E-state index contributed by atoms with van der Waals surface area (Å²) < 4.78 is 0. The third-order valence-corrected chi connectivity index (χ3v) is 3.01. The molecule has 0 spiro atoms. The Morgan fingerprint density at radius 2 is 1.92 bits per heavy atom. The Hall–Kier alpha value is -0.500. The van der Waals surface area contributed by atoms with E-state index < -0.39 is 0 Å². The molecule has 0 saturated carbocycles. The van der Waals surface area contributed by atoms with Crippen LogP contribution in [-0.2, 0) is 0 Å². The minimum atomic E-state index is 1.24. The van der Waals surface area contributed by atoms with E-state index in [1.54, 1.807) is 0 Å². The lowest BCUT2D eigenvalue weighted by Gasteiger charge is -2.00. The lowest BCUT2D eigenvalue weighted by Crippen LogP contribution is -1.81. The molecule has 0 amide bonds. The molecule has 13 heavy (non-hydrogen) atoms. The van der Waals surface area contributed by atoms with Crippen molar-refractivity contribution in [2.24, 2.45) is 0 Å². The Morgan fingerprint density at radius 3 is 2.62 bits per heavy atom. The van der Waals surface area contributed by atoms with E-state index in [0.29, 0.717) is 0 Å². The number of hydrogen-bond donors (Lipinski definition) is 0. The van der Waals surface area contributed by atoms with Crippen molar-refractivity contribution in [2.45, 2.75) is 37.5 Å². The highest BCUT2D eigenvalue weighted by Gasteiger charge is 1.92. The summed E-state index contributed by atoms with van der Waals surface area (Å²) in [4.78, 5) is 5.33. The summed E-state index contributed by atoms with van der Waals surface area (Å²) in [6.45, 7) is 2.25. The maximum Gasteiger partial charge on any atom is 0.0278 e. The molecule has 0 N–H and O–H groups in total. The first-order valence-electron chi connectivity index (χ1n) is 4.96. The summed E-state index contributed by atoms with van der Waals surface area (Å²) in [6.07, 6.45) is 9.11. The van der Waals surface area contributed by atoms with Gasteiger partial charge in [-0.3, -0.25) is 4.98 Å². The number of rotatable bonds is 6. The highest BCUT2D eigenvalue weighted by molar-refractivity contribution is 7.99. The largest absolute Gasteiger partial charge is 0.265 e. The fraction of sp³-hybridized carbons (Fsp3) is 0.545. The van der Waals surface area contributed by atoms with Crippen LogP contribution in [0.4, 0.5) is 0 Å². The topological polar surface area (TPSA) is 12.9 Å². The summed E-state index contributed by atoms with van der Waals surface area (Å²) in [6, 6.07) is 4.15. The van der Waals surface area contributed by atoms with Gasteiger partial charge in [-0.05, 0) is 24.3 Å². The highest BCUT2D eigenvalue weighted by atomic mass is 32.2. The summed E-state index contributed by atoms with van der Waals surface area (Å²) in [5.74, 6) is 1.24. The molecule has 0 saturated heterocycles. The second-order valence-corrected chi connectivity index (χ2v) is 4.26. The van der Waals surface area contributed by atoms with Crippen LogP contribution in [0.15, 0.2) is 29.4 Å². The first kappa shape index (κ1) is 10.6. The third-order valence-electron chi connectivity index (χ3n) is 1.92. The molecule has 72 valence electrons. The van der Waals surface area contributed by atoms with Crippen LogP contribution >= 0.6 is 11.8 Å². The van der Waals surface area contributed by atoms with Crippen LogP contribution in [-0.4, -0.2) is 10.7 Å². The molecule has 2 heteroatoms. The third kappa shape index (κ3) is 4.94. The molecule has 0 aromatic carbocycles. The fourth-order valence-corrected chi connectivity index (χ4v) is 2.05. The van der Waals surface area contributed by atoms with E-state index in [-0.39, 0.29) is 0 Å². The SMILES string of the molecule is CCCCCCSc1ccncc1. The van der Waals surface area contributed by atoms with Crippen molar-refractivity contribution in [3.63, 3.8) is 0 Å². The van der Waals surface area contributed by atoms with Crippen molar-refractivity contribution in [1.29, 1.82) is 0 Å². The van der Waals surface area contributed by atoms with Crippen molar-refractivity contribution < 1.29 is 0 Å². The van der Waals surface area contributed by atoms with E-state index in [2.05, 4.69) is 24.0 Å². The van der Waals surface area contributed by atoms with Crippen LogP contribution in [0, 0.1) is 0 Å².